The molecule has 0 saturated carbocycles. The number of hydrogen-bond acceptors (Lipinski definition) is 4. The van der Waals surface area contributed by atoms with Crippen LogP contribution in [0.25, 0.3) is 11.3 Å². The van der Waals surface area contributed by atoms with E-state index in [0.29, 0.717) is 6.42 Å². The van der Waals surface area contributed by atoms with Crippen molar-refractivity contribution >= 4 is 17.2 Å². The molecule has 0 aliphatic carbocycles. The number of fused-ring (bicyclic) bond motifs is 1. The minimum Gasteiger partial charge on any atom is -0.325 e. The van der Waals surface area contributed by atoms with Gasteiger partial charge in [-0.2, -0.15) is 23.4 Å². The molecule has 4 rings (SSSR count). The van der Waals surface area contributed by atoms with E-state index in [1.807, 2.05) is 26.8 Å². The van der Waals surface area contributed by atoms with Crippen LogP contribution in [0.15, 0.2) is 42.7 Å². The smallest absolute Gasteiger partial charge is 0.325 e. The average Bonchev–Trinajstić information content (AvgIpc) is 3.37. The molecule has 3 aromatic heterocycles. The molecule has 10 heteroatoms. The molecule has 0 aliphatic rings. The molecule has 0 fully saturated rings. The minimum atomic E-state index is -4.63. The molecular formula is C22H21F3N6O. The highest BCUT2D eigenvalue weighted by molar-refractivity contribution is 5.92. The zero-order valence-corrected chi connectivity index (χ0v) is 17.7. The lowest BCUT2D eigenvalue weighted by Crippen LogP contribution is -2.18. The summed E-state index contributed by atoms with van der Waals surface area (Å²) in [5, 5.41) is 10.8. The van der Waals surface area contributed by atoms with Crippen molar-refractivity contribution in [3.63, 3.8) is 0 Å². The quantitative estimate of drug-likeness (QED) is 0.496. The van der Waals surface area contributed by atoms with E-state index in [2.05, 4.69) is 20.5 Å². The largest absolute Gasteiger partial charge is 0.418 e. The van der Waals surface area contributed by atoms with Crippen LogP contribution in [0.5, 0.6) is 0 Å². The van der Waals surface area contributed by atoms with Crippen LogP contribution in [0.4, 0.5) is 18.9 Å². The predicted octanol–water partition coefficient (Wildman–Crippen LogP) is 4.43. The molecule has 166 valence electrons. The maximum atomic E-state index is 13.6. The number of carbonyl (C=O) groups excluding carboxylic acids is 1. The first-order chi connectivity index (χ1) is 15.1. The molecule has 0 unspecified atom stereocenters. The number of carbonyl (C=O) groups is 1. The molecule has 0 atom stereocenters. The molecule has 0 bridgehead atoms. The number of aromatic nitrogens is 5. The molecule has 0 spiro atoms. The van der Waals surface area contributed by atoms with Crippen molar-refractivity contribution < 1.29 is 18.0 Å². The summed E-state index contributed by atoms with van der Waals surface area (Å²) in [6.45, 7) is 5.60. The van der Waals surface area contributed by atoms with Gasteiger partial charge in [0.1, 0.15) is 0 Å². The predicted molar refractivity (Wildman–Crippen MR) is 113 cm³/mol. The van der Waals surface area contributed by atoms with Gasteiger partial charge in [-0.25, -0.2) is 14.2 Å². The highest BCUT2D eigenvalue weighted by Gasteiger charge is 2.34. The van der Waals surface area contributed by atoms with Crippen molar-refractivity contribution in [1.82, 2.24) is 24.4 Å². The van der Waals surface area contributed by atoms with Crippen LogP contribution in [0.3, 0.4) is 0 Å². The fraction of sp³-hybridized carbons (Fsp3) is 0.273. The molecule has 3 heterocycles. The fourth-order valence-electron chi connectivity index (χ4n) is 3.69. The van der Waals surface area contributed by atoms with Crippen molar-refractivity contribution in [1.29, 1.82) is 0 Å². The van der Waals surface area contributed by atoms with E-state index < -0.39 is 17.6 Å². The van der Waals surface area contributed by atoms with Gasteiger partial charge in [0.15, 0.2) is 5.65 Å². The summed E-state index contributed by atoms with van der Waals surface area (Å²) < 4.78 is 43.9. The summed E-state index contributed by atoms with van der Waals surface area (Å²) in [4.78, 5) is 17.0. The number of nitrogens with zero attached hydrogens (tertiary/aromatic N) is 5. The van der Waals surface area contributed by atoms with Gasteiger partial charge < -0.3 is 5.32 Å². The standard InChI is InChI=1S/C22H21F3N6O/c1-13-11-20-27-14(2)17(15(3)31(20)29-13)6-8-21(32)28-19-7-5-16(30-10-4-9-26-30)12-18(19)22(23,24)25/h4-5,7,9-12H,6,8H2,1-3H3,(H,28,32). The van der Waals surface area contributed by atoms with Crippen molar-refractivity contribution in [2.24, 2.45) is 0 Å². The normalized spacial score (nSPS) is 11.8. The van der Waals surface area contributed by atoms with Gasteiger partial charge in [-0.05, 0) is 57.0 Å². The van der Waals surface area contributed by atoms with Gasteiger partial charge in [0.2, 0.25) is 5.91 Å². The van der Waals surface area contributed by atoms with Crippen LogP contribution in [0.1, 0.15) is 34.6 Å². The third-order valence-corrected chi connectivity index (χ3v) is 5.24. The van der Waals surface area contributed by atoms with Crippen molar-refractivity contribution in [2.45, 2.75) is 39.8 Å². The Kier molecular flexibility index (Phi) is 5.45. The summed E-state index contributed by atoms with van der Waals surface area (Å²) in [5.74, 6) is -0.516. The second-order valence-corrected chi connectivity index (χ2v) is 7.54. The van der Waals surface area contributed by atoms with Gasteiger partial charge >= 0.3 is 6.18 Å². The first-order valence-corrected chi connectivity index (χ1v) is 9.97. The third kappa shape index (κ3) is 4.20. The molecule has 1 amide bonds. The Labute approximate surface area is 181 Å². The Balaban J connectivity index is 1.54. The minimum absolute atomic E-state index is 0.00726. The molecule has 32 heavy (non-hydrogen) atoms. The van der Waals surface area contributed by atoms with Crippen LogP contribution >= 0.6 is 0 Å². The summed E-state index contributed by atoms with van der Waals surface area (Å²) in [5.41, 5.74) is 3.05. The summed E-state index contributed by atoms with van der Waals surface area (Å²) in [6.07, 6.45) is -1.27. The number of nitrogens with one attached hydrogen (secondary N) is 1. The van der Waals surface area contributed by atoms with Crippen molar-refractivity contribution in [3.05, 3.63) is 70.9 Å². The fourth-order valence-corrected chi connectivity index (χ4v) is 3.69. The highest BCUT2D eigenvalue weighted by Crippen LogP contribution is 2.36. The Morgan fingerprint density at radius 3 is 2.62 bits per heavy atom. The Bertz CT molecular complexity index is 1290. The van der Waals surface area contributed by atoms with E-state index in [0.717, 1.165) is 34.4 Å². The second-order valence-electron chi connectivity index (χ2n) is 7.54. The third-order valence-electron chi connectivity index (χ3n) is 5.24. The van der Waals surface area contributed by atoms with Crippen LogP contribution in [-0.4, -0.2) is 30.3 Å². The first kappa shape index (κ1) is 21.5. The molecule has 1 aromatic carbocycles. The lowest BCUT2D eigenvalue weighted by Gasteiger charge is -2.16. The number of alkyl halides is 3. The van der Waals surface area contributed by atoms with Gasteiger partial charge in [-0.1, -0.05) is 0 Å². The lowest BCUT2D eigenvalue weighted by atomic mass is 10.1. The van der Waals surface area contributed by atoms with E-state index in [4.69, 9.17) is 0 Å². The lowest BCUT2D eigenvalue weighted by molar-refractivity contribution is -0.137. The Morgan fingerprint density at radius 1 is 1.16 bits per heavy atom. The number of hydrogen-bond donors (Lipinski definition) is 1. The Hall–Kier alpha value is -3.69. The van der Waals surface area contributed by atoms with Crippen molar-refractivity contribution in [2.75, 3.05) is 5.32 Å². The monoisotopic (exact) mass is 442 g/mol. The number of halogens is 3. The topological polar surface area (TPSA) is 77.1 Å². The van der Waals surface area contributed by atoms with Gasteiger partial charge in [0.05, 0.1) is 22.6 Å². The van der Waals surface area contributed by atoms with Crippen LogP contribution in [0.2, 0.25) is 0 Å². The summed E-state index contributed by atoms with van der Waals surface area (Å²) in [7, 11) is 0. The summed E-state index contributed by atoms with van der Waals surface area (Å²) >= 11 is 0. The van der Waals surface area contributed by atoms with E-state index >= 15 is 0 Å². The van der Waals surface area contributed by atoms with Crippen LogP contribution in [0, 0.1) is 20.8 Å². The first-order valence-electron chi connectivity index (χ1n) is 9.97. The van der Waals surface area contributed by atoms with Crippen LogP contribution < -0.4 is 5.32 Å². The number of rotatable bonds is 5. The van der Waals surface area contributed by atoms with Gasteiger partial charge in [-0.15, -0.1) is 0 Å². The summed E-state index contributed by atoms with van der Waals surface area (Å²) in [6, 6.07) is 7.17. The SMILES string of the molecule is Cc1cc2nc(C)c(CCC(=O)Nc3ccc(-n4cccn4)cc3C(F)(F)F)c(C)n2n1. The van der Waals surface area contributed by atoms with E-state index in [1.165, 1.54) is 23.0 Å². The molecule has 0 aliphatic heterocycles. The van der Waals surface area contributed by atoms with Gasteiger partial charge in [-0.3, -0.25) is 4.79 Å². The van der Waals surface area contributed by atoms with Gasteiger partial charge in [0, 0.05) is 36.3 Å². The molecular weight excluding hydrogens is 421 g/mol. The maximum Gasteiger partial charge on any atom is 0.418 e. The molecule has 0 saturated heterocycles. The number of aryl methyl sites for hydroxylation is 3. The average molecular weight is 442 g/mol. The molecule has 1 N–H and O–H groups in total. The van der Waals surface area contributed by atoms with Crippen molar-refractivity contribution in [3.8, 4) is 5.69 Å². The molecule has 4 aromatic rings. The number of benzene rings is 1. The van der Waals surface area contributed by atoms with E-state index in [9.17, 15) is 18.0 Å². The van der Waals surface area contributed by atoms with Crippen LogP contribution in [-0.2, 0) is 17.4 Å². The zero-order chi connectivity index (χ0) is 23.0. The molecule has 7 nitrogen and oxygen atoms in total. The van der Waals surface area contributed by atoms with E-state index in [-0.39, 0.29) is 17.8 Å². The number of anilines is 1. The number of amides is 1. The Morgan fingerprint density at radius 2 is 1.94 bits per heavy atom. The van der Waals surface area contributed by atoms with E-state index in [1.54, 1.807) is 16.8 Å². The highest BCUT2D eigenvalue weighted by atomic mass is 19.4. The van der Waals surface area contributed by atoms with Gasteiger partial charge in [0.25, 0.3) is 0 Å². The molecule has 0 radical (unpaired) electrons. The second kappa shape index (κ2) is 8.10. The maximum absolute atomic E-state index is 13.6. The zero-order valence-electron chi connectivity index (χ0n) is 17.7.